The second kappa shape index (κ2) is 5.94. The molecule has 1 fully saturated rings. The first kappa shape index (κ1) is 16.3. The summed E-state index contributed by atoms with van der Waals surface area (Å²) in [4.78, 5) is 31.7. The highest BCUT2D eigenvalue weighted by molar-refractivity contribution is 5.94. The summed E-state index contributed by atoms with van der Waals surface area (Å²) in [6, 6.07) is 1.40. The van der Waals surface area contributed by atoms with Crippen LogP contribution in [0, 0.1) is 5.92 Å². The first-order chi connectivity index (χ1) is 10.2. The van der Waals surface area contributed by atoms with Crippen LogP contribution < -0.4 is 0 Å². The Kier molecular flexibility index (Phi) is 4.39. The molecule has 120 valence electrons. The van der Waals surface area contributed by atoms with E-state index in [0.29, 0.717) is 25.1 Å². The van der Waals surface area contributed by atoms with Gasteiger partial charge in [-0.15, -0.1) is 0 Å². The SMILES string of the molecule is CN(CC1CC(=O)N(C(C)(C)C)C1)C(=O)c1cncc(O)c1. The summed E-state index contributed by atoms with van der Waals surface area (Å²) in [6.45, 7) is 7.22. The number of nitrogens with zero attached hydrogens (tertiary/aromatic N) is 3. The van der Waals surface area contributed by atoms with Crippen LogP contribution in [0.4, 0.5) is 0 Å². The Labute approximate surface area is 130 Å². The molecular formula is C16H23N3O3. The Morgan fingerprint density at radius 2 is 2.14 bits per heavy atom. The van der Waals surface area contributed by atoms with Crippen LogP contribution in [0.2, 0.25) is 0 Å². The first-order valence-electron chi connectivity index (χ1n) is 7.38. The number of carbonyl (C=O) groups excluding carboxylic acids is 2. The summed E-state index contributed by atoms with van der Waals surface area (Å²) in [5, 5.41) is 9.40. The lowest BCUT2D eigenvalue weighted by Gasteiger charge is -2.32. The van der Waals surface area contributed by atoms with Crippen molar-refractivity contribution in [1.82, 2.24) is 14.8 Å². The number of rotatable bonds is 3. The third-order valence-electron chi connectivity index (χ3n) is 3.86. The number of carbonyl (C=O) groups is 2. The summed E-state index contributed by atoms with van der Waals surface area (Å²) >= 11 is 0. The van der Waals surface area contributed by atoms with Crippen LogP contribution >= 0.6 is 0 Å². The number of amides is 2. The maximum atomic E-state index is 12.3. The van der Waals surface area contributed by atoms with Crippen molar-refractivity contribution in [2.24, 2.45) is 5.92 Å². The van der Waals surface area contributed by atoms with Gasteiger partial charge in [-0.05, 0) is 26.8 Å². The van der Waals surface area contributed by atoms with Crippen molar-refractivity contribution in [3.63, 3.8) is 0 Å². The van der Waals surface area contributed by atoms with Crippen LogP contribution in [0.1, 0.15) is 37.6 Å². The van der Waals surface area contributed by atoms with Crippen LogP contribution in [-0.4, -0.2) is 57.4 Å². The second-order valence-corrected chi connectivity index (χ2v) is 6.86. The summed E-state index contributed by atoms with van der Waals surface area (Å²) in [7, 11) is 1.70. The van der Waals surface area contributed by atoms with E-state index in [0.717, 1.165) is 0 Å². The van der Waals surface area contributed by atoms with E-state index in [1.165, 1.54) is 18.5 Å². The highest BCUT2D eigenvalue weighted by atomic mass is 16.3. The van der Waals surface area contributed by atoms with Gasteiger partial charge in [0.2, 0.25) is 5.91 Å². The predicted molar refractivity (Wildman–Crippen MR) is 82.4 cm³/mol. The number of aromatic nitrogens is 1. The normalized spacial score (nSPS) is 18.6. The molecule has 1 N–H and O–H groups in total. The van der Waals surface area contributed by atoms with Gasteiger partial charge in [-0.3, -0.25) is 14.6 Å². The molecule has 22 heavy (non-hydrogen) atoms. The minimum absolute atomic E-state index is 0.0331. The molecule has 6 nitrogen and oxygen atoms in total. The quantitative estimate of drug-likeness (QED) is 0.918. The Morgan fingerprint density at radius 3 is 2.68 bits per heavy atom. The lowest BCUT2D eigenvalue weighted by Crippen LogP contribution is -2.43. The maximum absolute atomic E-state index is 12.3. The van der Waals surface area contributed by atoms with E-state index in [-0.39, 0.29) is 29.0 Å². The number of aromatic hydroxyl groups is 1. The van der Waals surface area contributed by atoms with Gasteiger partial charge in [-0.25, -0.2) is 0 Å². The minimum Gasteiger partial charge on any atom is -0.506 e. The molecule has 1 unspecified atom stereocenters. The van der Waals surface area contributed by atoms with E-state index in [1.807, 2.05) is 25.7 Å². The summed E-state index contributed by atoms with van der Waals surface area (Å²) in [5.74, 6) is 0.0302. The third-order valence-corrected chi connectivity index (χ3v) is 3.86. The van der Waals surface area contributed by atoms with E-state index in [4.69, 9.17) is 0 Å². The summed E-state index contributed by atoms with van der Waals surface area (Å²) in [5.41, 5.74) is 0.156. The van der Waals surface area contributed by atoms with Crippen LogP contribution in [0.3, 0.4) is 0 Å². The van der Waals surface area contributed by atoms with E-state index in [1.54, 1.807) is 11.9 Å². The molecule has 2 rings (SSSR count). The van der Waals surface area contributed by atoms with Crippen molar-refractivity contribution in [3.8, 4) is 5.75 Å². The van der Waals surface area contributed by atoms with Gasteiger partial charge in [0, 0.05) is 44.2 Å². The molecule has 0 bridgehead atoms. The second-order valence-electron chi connectivity index (χ2n) is 6.86. The number of hydrogen-bond donors (Lipinski definition) is 1. The van der Waals surface area contributed by atoms with Crippen molar-refractivity contribution in [3.05, 3.63) is 24.0 Å². The van der Waals surface area contributed by atoms with E-state index < -0.39 is 0 Å². The van der Waals surface area contributed by atoms with Gasteiger partial charge in [0.15, 0.2) is 0 Å². The molecule has 0 radical (unpaired) electrons. The van der Waals surface area contributed by atoms with Crippen molar-refractivity contribution in [2.75, 3.05) is 20.1 Å². The molecule has 0 spiro atoms. The number of hydrogen-bond acceptors (Lipinski definition) is 4. The Balaban J connectivity index is 2.00. The van der Waals surface area contributed by atoms with Gasteiger partial charge in [-0.2, -0.15) is 0 Å². The number of likely N-dealkylation sites (tertiary alicyclic amines) is 1. The van der Waals surface area contributed by atoms with Crippen LogP contribution in [0.5, 0.6) is 5.75 Å². The Morgan fingerprint density at radius 1 is 1.45 bits per heavy atom. The van der Waals surface area contributed by atoms with Gasteiger partial charge in [0.1, 0.15) is 5.75 Å². The van der Waals surface area contributed by atoms with Gasteiger partial charge in [0.25, 0.3) is 5.91 Å². The van der Waals surface area contributed by atoms with E-state index in [2.05, 4.69) is 4.98 Å². The predicted octanol–water partition coefficient (Wildman–Crippen LogP) is 1.51. The molecule has 2 heterocycles. The molecule has 1 aromatic heterocycles. The van der Waals surface area contributed by atoms with Crippen LogP contribution in [0.25, 0.3) is 0 Å². The fraction of sp³-hybridized carbons (Fsp3) is 0.562. The molecular weight excluding hydrogens is 282 g/mol. The van der Waals surface area contributed by atoms with Crippen LogP contribution in [0.15, 0.2) is 18.5 Å². The number of pyridine rings is 1. The standard InChI is InChI=1S/C16H23N3O3/c1-16(2,3)19-10-11(5-14(19)21)9-18(4)15(22)12-6-13(20)8-17-7-12/h6-8,11,20H,5,9-10H2,1-4H3. The average Bonchev–Trinajstić information content (AvgIpc) is 2.78. The lowest BCUT2D eigenvalue weighted by molar-refractivity contribution is -0.131. The molecule has 2 amide bonds. The average molecular weight is 305 g/mol. The summed E-state index contributed by atoms with van der Waals surface area (Å²) in [6.07, 6.45) is 3.18. The molecule has 0 saturated carbocycles. The van der Waals surface area contributed by atoms with Crippen LogP contribution in [-0.2, 0) is 4.79 Å². The summed E-state index contributed by atoms with van der Waals surface area (Å²) < 4.78 is 0. The van der Waals surface area contributed by atoms with Gasteiger partial charge >= 0.3 is 0 Å². The van der Waals surface area contributed by atoms with Gasteiger partial charge in [0.05, 0.1) is 11.8 Å². The molecule has 1 saturated heterocycles. The van der Waals surface area contributed by atoms with Crippen molar-refractivity contribution < 1.29 is 14.7 Å². The molecule has 0 aromatic carbocycles. The zero-order valence-corrected chi connectivity index (χ0v) is 13.5. The zero-order chi connectivity index (χ0) is 16.5. The fourth-order valence-electron chi connectivity index (χ4n) is 2.79. The highest BCUT2D eigenvalue weighted by Gasteiger charge is 2.36. The van der Waals surface area contributed by atoms with E-state index in [9.17, 15) is 14.7 Å². The minimum atomic E-state index is -0.204. The Bertz CT molecular complexity index is 580. The Hall–Kier alpha value is -2.11. The van der Waals surface area contributed by atoms with Gasteiger partial charge < -0.3 is 14.9 Å². The monoisotopic (exact) mass is 305 g/mol. The van der Waals surface area contributed by atoms with Crippen molar-refractivity contribution in [2.45, 2.75) is 32.7 Å². The van der Waals surface area contributed by atoms with Crippen molar-refractivity contribution in [1.29, 1.82) is 0 Å². The smallest absolute Gasteiger partial charge is 0.255 e. The highest BCUT2D eigenvalue weighted by Crippen LogP contribution is 2.26. The maximum Gasteiger partial charge on any atom is 0.255 e. The van der Waals surface area contributed by atoms with E-state index >= 15 is 0 Å². The molecule has 1 atom stereocenters. The lowest BCUT2D eigenvalue weighted by atomic mass is 10.1. The molecule has 1 aliphatic heterocycles. The van der Waals surface area contributed by atoms with Crippen molar-refractivity contribution >= 4 is 11.8 Å². The third kappa shape index (κ3) is 3.55. The fourth-order valence-corrected chi connectivity index (χ4v) is 2.79. The first-order valence-corrected chi connectivity index (χ1v) is 7.38. The molecule has 1 aliphatic rings. The topological polar surface area (TPSA) is 73.7 Å². The largest absolute Gasteiger partial charge is 0.506 e. The molecule has 0 aliphatic carbocycles. The molecule has 6 heteroatoms. The zero-order valence-electron chi connectivity index (χ0n) is 13.5. The molecule has 1 aromatic rings. The van der Waals surface area contributed by atoms with Gasteiger partial charge in [-0.1, -0.05) is 0 Å².